The summed E-state index contributed by atoms with van der Waals surface area (Å²) in [6, 6.07) is 0.371. The summed E-state index contributed by atoms with van der Waals surface area (Å²) >= 11 is 3.40. The zero-order chi connectivity index (χ0) is 14.2. The highest BCUT2D eigenvalue weighted by molar-refractivity contribution is 9.10. The molecule has 0 aliphatic heterocycles. The number of aromatic nitrogens is 2. The first kappa shape index (κ1) is 14.2. The summed E-state index contributed by atoms with van der Waals surface area (Å²) in [7, 11) is 0. The average Bonchev–Trinajstić information content (AvgIpc) is 3.17. The van der Waals surface area contributed by atoms with E-state index in [1.165, 1.54) is 4.57 Å². The van der Waals surface area contributed by atoms with Crippen molar-refractivity contribution in [3.8, 4) is 0 Å². The summed E-state index contributed by atoms with van der Waals surface area (Å²) in [6.45, 7) is 6.32. The van der Waals surface area contributed by atoms with Crippen molar-refractivity contribution in [2.24, 2.45) is 0 Å². The summed E-state index contributed by atoms with van der Waals surface area (Å²) in [5.41, 5.74) is 1.04. The fraction of sp³-hybridized carbons (Fsp3) is 0.615. The summed E-state index contributed by atoms with van der Waals surface area (Å²) in [4.78, 5) is 29.9. The molecule has 1 fully saturated rings. The molecule has 104 valence electrons. The van der Waals surface area contributed by atoms with Crippen LogP contribution in [0, 0.1) is 13.8 Å². The molecule has 0 radical (unpaired) electrons. The third kappa shape index (κ3) is 2.88. The maximum Gasteiger partial charge on any atom is 0.348 e. The molecule has 0 saturated heterocycles. The lowest BCUT2D eigenvalue weighted by molar-refractivity contribution is -0.132. The smallest absolute Gasteiger partial charge is 0.338 e. The largest absolute Gasteiger partial charge is 0.348 e. The minimum atomic E-state index is -0.363. The van der Waals surface area contributed by atoms with Crippen LogP contribution in [0.3, 0.4) is 0 Å². The summed E-state index contributed by atoms with van der Waals surface area (Å²) in [5.74, 6) is -0.00671. The lowest BCUT2D eigenvalue weighted by atomic mass is 10.3. The van der Waals surface area contributed by atoms with Crippen LogP contribution in [0.2, 0.25) is 0 Å². The Bertz CT molecular complexity index is 564. The van der Waals surface area contributed by atoms with E-state index in [1.54, 1.807) is 6.92 Å². The van der Waals surface area contributed by atoms with Gasteiger partial charge in [0, 0.05) is 18.3 Å². The molecule has 1 aliphatic carbocycles. The van der Waals surface area contributed by atoms with E-state index in [0.29, 0.717) is 18.3 Å². The van der Waals surface area contributed by atoms with Gasteiger partial charge in [0.2, 0.25) is 5.91 Å². The van der Waals surface area contributed by atoms with Gasteiger partial charge in [0.05, 0.1) is 10.2 Å². The Kier molecular flexibility index (Phi) is 4.08. The number of hydrogen-bond acceptors (Lipinski definition) is 3. The van der Waals surface area contributed by atoms with Crippen LogP contribution in [0.15, 0.2) is 9.27 Å². The standard InChI is InChI=1S/C13H18BrN3O2/c1-4-16(10-5-6-10)11(18)7-17-9(3)12(14)8(2)15-13(17)19/h10H,4-7H2,1-3H3. The first-order chi connectivity index (χ1) is 8.95. The number of hydrogen-bond donors (Lipinski definition) is 0. The molecule has 5 nitrogen and oxygen atoms in total. The van der Waals surface area contributed by atoms with E-state index in [4.69, 9.17) is 0 Å². The van der Waals surface area contributed by atoms with Crippen molar-refractivity contribution in [2.75, 3.05) is 6.54 Å². The highest BCUT2D eigenvalue weighted by Gasteiger charge is 2.31. The van der Waals surface area contributed by atoms with Gasteiger partial charge in [-0.05, 0) is 49.5 Å². The highest BCUT2D eigenvalue weighted by Crippen LogP contribution is 2.26. The number of halogens is 1. The van der Waals surface area contributed by atoms with Gasteiger partial charge in [0.1, 0.15) is 6.54 Å². The summed E-state index contributed by atoms with van der Waals surface area (Å²) in [5, 5.41) is 0. The van der Waals surface area contributed by atoms with Gasteiger partial charge < -0.3 is 4.90 Å². The predicted octanol–water partition coefficient (Wildman–Crippen LogP) is 1.63. The zero-order valence-corrected chi connectivity index (χ0v) is 13.0. The van der Waals surface area contributed by atoms with Crippen molar-refractivity contribution < 1.29 is 4.79 Å². The second-order valence-corrected chi connectivity index (χ2v) is 5.67. The topological polar surface area (TPSA) is 55.2 Å². The predicted molar refractivity (Wildman–Crippen MR) is 76.1 cm³/mol. The molecule has 1 heterocycles. The number of carbonyl (C=O) groups is 1. The Balaban J connectivity index is 2.26. The van der Waals surface area contributed by atoms with Gasteiger partial charge in [0.25, 0.3) is 0 Å². The monoisotopic (exact) mass is 327 g/mol. The van der Waals surface area contributed by atoms with Crippen LogP contribution < -0.4 is 5.69 Å². The molecule has 19 heavy (non-hydrogen) atoms. The third-order valence-electron chi connectivity index (χ3n) is 3.48. The van der Waals surface area contributed by atoms with E-state index in [-0.39, 0.29) is 18.1 Å². The van der Waals surface area contributed by atoms with Crippen LogP contribution in [-0.4, -0.2) is 32.9 Å². The zero-order valence-electron chi connectivity index (χ0n) is 11.4. The van der Waals surface area contributed by atoms with E-state index in [0.717, 1.165) is 23.0 Å². The number of likely N-dealkylation sites (N-methyl/N-ethyl adjacent to an activating group) is 1. The number of carbonyl (C=O) groups excluding carboxylic acids is 1. The molecule has 0 bridgehead atoms. The molecule has 2 rings (SSSR count). The molecule has 1 amide bonds. The summed E-state index contributed by atoms with van der Waals surface area (Å²) < 4.78 is 2.22. The first-order valence-electron chi connectivity index (χ1n) is 6.48. The Morgan fingerprint density at radius 3 is 2.63 bits per heavy atom. The third-order valence-corrected chi connectivity index (χ3v) is 4.62. The van der Waals surface area contributed by atoms with E-state index < -0.39 is 0 Å². The van der Waals surface area contributed by atoms with Gasteiger partial charge in [-0.1, -0.05) is 0 Å². The molecular weight excluding hydrogens is 310 g/mol. The Morgan fingerprint density at radius 1 is 1.47 bits per heavy atom. The molecule has 1 aromatic rings. The molecule has 0 aromatic carbocycles. The highest BCUT2D eigenvalue weighted by atomic mass is 79.9. The van der Waals surface area contributed by atoms with E-state index in [2.05, 4.69) is 20.9 Å². The maximum absolute atomic E-state index is 12.2. The van der Waals surface area contributed by atoms with Gasteiger partial charge in [0.15, 0.2) is 0 Å². The molecule has 0 N–H and O–H groups in total. The number of amides is 1. The quantitative estimate of drug-likeness (QED) is 0.844. The first-order valence-corrected chi connectivity index (χ1v) is 7.28. The minimum Gasteiger partial charge on any atom is -0.338 e. The molecule has 0 atom stereocenters. The lowest BCUT2D eigenvalue weighted by Gasteiger charge is -2.21. The van der Waals surface area contributed by atoms with Crippen LogP contribution >= 0.6 is 15.9 Å². The van der Waals surface area contributed by atoms with Gasteiger partial charge >= 0.3 is 5.69 Å². The van der Waals surface area contributed by atoms with Crippen molar-refractivity contribution in [3.63, 3.8) is 0 Å². The number of rotatable bonds is 4. The molecule has 1 saturated carbocycles. The van der Waals surface area contributed by atoms with Crippen LogP contribution in [0.25, 0.3) is 0 Å². The van der Waals surface area contributed by atoms with Crippen LogP contribution in [0.1, 0.15) is 31.2 Å². The second-order valence-electron chi connectivity index (χ2n) is 4.88. The second kappa shape index (κ2) is 5.45. The van der Waals surface area contributed by atoms with Crippen molar-refractivity contribution in [3.05, 3.63) is 26.3 Å². The van der Waals surface area contributed by atoms with Gasteiger partial charge in [-0.15, -0.1) is 0 Å². The minimum absolute atomic E-state index is 0.00671. The van der Waals surface area contributed by atoms with E-state index in [9.17, 15) is 9.59 Å². The van der Waals surface area contributed by atoms with Gasteiger partial charge in [-0.2, -0.15) is 4.98 Å². The fourth-order valence-corrected chi connectivity index (χ4v) is 2.52. The van der Waals surface area contributed by atoms with Crippen molar-refractivity contribution in [1.82, 2.24) is 14.5 Å². The molecule has 0 unspecified atom stereocenters. The molecule has 6 heteroatoms. The van der Waals surface area contributed by atoms with Crippen LogP contribution in [0.4, 0.5) is 0 Å². The van der Waals surface area contributed by atoms with Crippen molar-refractivity contribution >= 4 is 21.8 Å². The maximum atomic E-state index is 12.2. The molecule has 0 spiro atoms. The van der Waals surface area contributed by atoms with Crippen LogP contribution in [0.5, 0.6) is 0 Å². The number of nitrogens with zero attached hydrogens (tertiary/aromatic N) is 3. The molecular formula is C13H18BrN3O2. The SMILES string of the molecule is CCN(C(=O)Cn1c(C)c(Br)c(C)nc1=O)C1CC1. The van der Waals surface area contributed by atoms with Gasteiger partial charge in [-0.25, -0.2) is 4.79 Å². The fourth-order valence-electron chi connectivity index (χ4n) is 2.21. The normalized spacial score (nSPS) is 14.5. The van der Waals surface area contributed by atoms with Crippen LogP contribution in [-0.2, 0) is 11.3 Å². The summed E-state index contributed by atoms with van der Waals surface area (Å²) in [6.07, 6.45) is 2.15. The van der Waals surface area contributed by atoms with E-state index >= 15 is 0 Å². The average molecular weight is 328 g/mol. The lowest BCUT2D eigenvalue weighted by Crippen LogP contribution is -2.39. The van der Waals surface area contributed by atoms with E-state index in [1.807, 2.05) is 18.7 Å². The Hall–Kier alpha value is -1.17. The Labute approximate surface area is 120 Å². The van der Waals surface area contributed by atoms with Gasteiger partial charge in [-0.3, -0.25) is 9.36 Å². The number of aryl methyl sites for hydroxylation is 1. The molecule has 1 aromatic heterocycles. The van der Waals surface area contributed by atoms with Crippen molar-refractivity contribution in [1.29, 1.82) is 0 Å². The molecule has 1 aliphatic rings. The van der Waals surface area contributed by atoms with Crippen molar-refractivity contribution in [2.45, 2.75) is 46.2 Å². The Morgan fingerprint density at radius 2 is 2.11 bits per heavy atom.